The largest absolute Gasteiger partial charge is 0.330 e. The van der Waals surface area contributed by atoms with E-state index in [1.807, 2.05) is 0 Å². The molecule has 18 heavy (non-hydrogen) atoms. The maximum atomic E-state index is 5.47. The summed E-state index contributed by atoms with van der Waals surface area (Å²) >= 11 is 0. The average Bonchev–Trinajstić information content (AvgIpc) is 2.35. The molecule has 0 fully saturated rings. The summed E-state index contributed by atoms with van der Waals surface area (Å²) in [6, 6.07) is 0. The Hall–Kier alpha value is -0.0400. The highest BCUT2D eigenvalue weighted by molar-refractivity contribution is 4.49. The van der Waals surface area contributed by atoms with Gasteiger partial charge in [0.05, 0.1) is 0 Å². The van der Waals surface area contributed by atoms with Crippen LogP contribution in [0, 0.1) is 7.43 Å². The molecule has 0 unspecified atom stereocenters. The Morgan fingerprint density at radius 2 is 0.778 bits per heavy atom. The Morgan fingerprint density at radius 1 is 0.500 bits per heavy atom. The van der Waals surface area contributed by atoms with E-state index in [2.05, 4.69) is 6.92 Å². The van der Waals surface area contributed by atoms with Gasteiger partial charge in [0.25, 0.3) is 0 Å². The van der Waals surface area contributed by atoms with Gasteiger partial charge in [-0.25, -0.2) is 0 Å². The van der Waals surface area contributed by atoms with Crippen LogP contribution in [0.1, 0.15) is 96.8 Å². The van der Waals surface area contributed by atoms with Gasteiger partial charge in [0.1, 0.15) is 0 Å². The molecule has 2 N–H and O–H groups in total. The highest BCUT2D eigenvalue weighted by Crippen LogP contribution is 2.12. The van der Waals surface area contributed by atoms with E-state index in [1.165, 1.54) is 89.9 Å². The van der Waals surface area contributed by atoms with Crippen molar-refractivity contribution in [2.45, 2.75) is 96.8 Å². The molecule has 0 rings (SSSR count). The molecular weight excluding hydrogens is 218 g/mol. The second kappa shape index (κ2) is 19.3. The van der Waals surface area contributed by atoms with Crippen LogP contribution in [0.2, 0.25) is 0 Å². The third kappa shape index (κ3) is 18.3. The fourth-order valence-corrected chi connectivity index (χ4v) is 2.34. The summed E-state index contributed by atoms with van der Waals surface area (Å²) in [6.07, 6.45) is 19.9. The summed E-state index contributed by atoms with van der Waals surface area (Å²) in [6.45, 7) is 3.16. The van der Waals surface area contributed by atoms with Gasteiger partial charge in [0.2, 0.25) is 0 Å². The van der Waals surface area contributed by atoms with Crippen molar-refractivity contribution in [3.8, 4) is 0 Å². The molecule has 0 bridgehead atoms. The topological polar surface area (TPSA) is 26.0 Å². The summed E-state index contributed by atoms with van der Waals surface area (Å²) in [7, 11) is 0. The van der Waals surface area contributed by atoms with Crippen molar-refractivity contribution >= 4 is 0 Å². The third-order valence-corrected chi connectivity index (χ3v) is 3.56. The van der Waals surface area contributed by atoms with E-state index in [0.717, 1.165) is 6.54 Å². The van der Waals surface area contributed by atoms with Crippen LogP contribution in [0.15, 0.2) is 0 Å². The van der Waals surface area contributed by atoms with Gasteiger partial charge in [-0.1, -0.05) is 97.8 Å². The molecule has 0 amide bonds. The molecule has 0 spiro atoms. The minimum atomic E-state index is 0. The summed E-state index contributed by atoms with van der Waals surface area (Å²) in [5.74, 6) is 0. The average molecular weight is 256 g/mol. The van der Waals surface area contributed by atoms with Crippen molar-refractivity contribution in [2.75, 3.05) is 6.54 Å². The fraction of sp³-hybridized carbons (Fsp3) is 0.941. The van der Waals surface area contributed by atoms with Gasteiger partial charge >= 0.3 is 0 Å². The summed E-state index contributed by atoms with van der Waals surface area (Å²) in [4.78, 5) is 0. The molecule has 0 aromatic carbocycles. The van der Waals surface area contributed by atoms with Crippen LogP contribution in [0.5, 0.6) is 0 Å². The SMILES string of the molecule is CCCCCCCCCCCCCCCCN.[CH3]. The zero-order chi connectivity index (χ0) is 12.6. The molecule has 0 aliphatic heterocycles. The Labute approximate surface area is 117 Å². The lowest BCUT2D eigenvalue weighted by Gasteiger charge is -2.02. The van der Waals surface area contributed by atoms with Crippen LogP contribution < -0.4 is 5.73 Å². The van der Waals surface area contributed by atoms with E-state index in [9.17, 15) is 0 Å². The predicted molar refractivity (Wildman–Crippen MR) is 85.8 cm³/mol. The Balaban J connectivity index is 0. The molecule has 0 saturated heterocycles. The Bertz CT molecular complexity index is 109. The monoisotopic (exact) mass is 256 g/mol. The van der Waals surface area contributed by atoms with Crippen LogP contribution in [0.4, 0.5) is 0 Å². The van der Waals surface area contributed by atoms with Crippen LogP contribution in [0.3, 0.4) is 0 Å². The molecule has 0 aliphatic rings. The van der Waals surface area contributed by atoms with E-state index in [0.29, 0.717) is 0 Å². The minimum Gasteiger partial charge on any atom is -0.330 e. The first-order valence-corrected chi connectivity index (χ1v) is 8.12. The van der Waals surface area contributed by atoms with Crippen molar-refractivity contribution in [1.29, 1.82) is 0 Å². The zero-order valence-corrected chi connectivity index (χ0v) is 13.2. The first-order chi connectivity index (χ1) is 8.41. The number of nitrogens with two attached hydrogens (primary N) is 1. The molecule has 1 heteroatoms. The molecule has 0 atom stereocenters. The summed E-state index contributed by atoms with van der Waals surface area (Å²) in [5.41, 5.74) is 5.47. The van der Waals surface area contributed by atoms with Crippen LogP contribution in [0.25, 0.3) is 0 Å². The van der Waals surface area contributed by atoms with Crippen LogP contribution >= 0.6 is 0 Å². The predicted octanol–water partition coefficient (Wildman–Crippen LogP) is 5.88. The molecular formula is C17H38N. The van der Waals surface area contributed by atoms with Gasteiger partial charge < -0.3 is 5.73 Å². The second-order valence-electron chi connectivity index (χ2n) is 5.38. The van der Waals surface area contributed by atoms with Crippen LogP contribution in [-0.4, -0.2) is 6.54 Å². The molecule has 1 radical (unpaired) electrons. The Kier molecular flexibility index (Phi) is 21.7. The van der Waals surface area contributed by atoms with Crippen molar-refractivity contribution < 1.29 is 0 Å². The highest BCUT2D eigenvalue weighted by Gasteiger charge is 1.93. The van der Waals surface area contributed by atoms with Gasteiger partial charge in [-0.05, 0) is 13.0 Å². The van der Waals surface area contributed by atoms with E-state index >= 15 is 0 Å². The standard InChI is InChI=1S/C16H35N.CH3/c1-2-3-4-5-6-7-8-9-10-11-12-13-14-15-16-17;/h2-17H2,1H3;1H3. The summed E-state index contributed by atoms with van der Waals surface area (Å²) in [5, 5.41) is 0. The van der Waals surface area contributed by atoms with E-state index in [-0.39, 0.29) is 7.43 Å². The third-order valence-electron chi connectivity index (χ3n) is 3.56. The zero-order valence-electron chi connectivity index (χ0n) is 13.2. The molecule has 0 aliphatic carbocycles. The molecule has 111 valence electrons. The molecule has 0 heterocycles. The lowest BCUT2D eigenvalue weighted by molar-refractivity contribution is 0.536. The second-order valence-corrected chi connectivity index (χ2v) is 5.38. The van der Waals surface area contributed by atoms with E-state index in [4.69, 9.17) is 5.73 Å². The van der Waals surface area contributed by atoms with E-state index < -0.39 is 0 Å². The van der Waals surface area contributed by atoms with Gasteiger partial charge in [-0.15, -0.1) is 0 Å². The summed E-state index contributed by atoms with van der Waals surface area (Å²) < 4.78 is 0. The first-order valence-electron chi connectivity index (χ1n) is 8.12. The van der Waals surface area contributed by atoms with E-state index in [1.54, 1.807) is 0 Å². The van der Waals surface area contributed by atoms with Crippen molar-refractivity contribution in [3.63, 3.8) is 0 Å². The highest BCUT2D eigenvalue weighted by atomic mass is 14.5. The van der Waals surface area contributed by atoms with Crippen LogP contribution in [-0.2, 0) is 0 Å². The first kappa shape index (κ1) is 20.3. The fourth-order valence-electron chi connectivity index (χ4n) is 2.34. The van der Waals surface area contributed by atoms with Crippen molar-refractivity contribution in [1.82, 2.24) is 0 Å². The van der Waals surface area contributed by atoms with Gasteiger partial charge in [0, 0.05) is 0 Å². The number of unbranched alkanes of at least 4 members (excludes halogenated alkanes) is 13. The molecule has 1 nitrogen and oxygen atoms in total. The number of rotatable bonds is 14. The lowest BCUT2D eigenvalue weighted by Crippen LogP contribution is -1.97. The lowest BCUT2D eigenvalue weighted by atomic mass is 10.0. The smallest absolute Gasteiger partial charge is 0.00773 e. The quantitative estimate of drug-likeness (QED) is 0.386. The van der Waals surface area contributed by atoms with Gasteiger partial charge in [-0.2, -0.15) is 0 Å². The Morgan fingerprint density at radius 3 is 1.06 bits per heavy atom. The maximum Gasteiger partial charge on any atom is -0.00773 e. The molecule has 0 aromatic heterocycles. The van der Waals surface area contributed by atoms with Crippen molar-refractivity contribution in [2.24, 2.45) is 5.73 Å². The molecule has 0 aromatic rings. The minimum absolute atomic E-state index is 0. The van der Waals surface area contributed by atoms with Gasteiger partial charge in [-0.3, -0.25) is 0 Å². The maximum absolute atomic E-state index is 5.47. The van der Waals surface area contributed by atoms with Gasteiger partial charge in [0.15, 0.2) is 0 Å². The normalized spacial score (nSPS) is 10.3. The number of hydrogen-bond donors (Lipinski definition) is 1. The van der Waals surface area contributed by atoms with Crippen molar-refractivity contribution in [3.05, 3.63) is 7.43 Å². The number of hydrogen-bond acceptors (Lipinski definition) is 1. The molecule has 0 saturated carbocycles.